The summed E-state index contributed by atoms with van der Waals surface area (Å²) in [5.41, 5.74) is 7.76. The van der Waals surface area contributed by atoms with Crippen LogP contribution in [0.1, 0.15) is 33.1 Å². The molecule has 1 unspecified atom stereocenters. The van der Waals surface area contributed by atoms with Crippen molar-refractivity contribution in [2.75, 3.05) is 11.5 Å². The fraction of sp³-hybridized carbons (Fsp3) is 0.667. The van der Waals surface area contributed by atoms with E-state index in [4.69, 9.17) is 15.6 Å². The summed E-state index contributed by atoms with van der Waals surface area (Å²) in [6, 6.07) is -0.959. The molecule has 5 atom stereocenters. The molecule has 140 valence electrons. The van der Waals surface area contributed by atoms with Crippen LogP contribution in [0.15, 0.2) is 23.3 Å². The van der Waals surface area contributed by atoms with Crippen LogP contribution in [0.4, 0.5) is 0 Å². The van der Waals surface area contributed by atoms with Gasteiger partial charge in [-0.1, -0.05) is 17.2 Å². The Morgan fingerprint density at radius 2 is 2.16 bits per heavy atom. The zero-order valence-electron chi connectivity index (χ0n) is 14.7. The molecule has 7 heteroatoms. The van der Waals surface area contributed by atoms with Gasteiger partial charge in [0.05, 0.1) is 12.0 Å². The molecule has 0 amide bonds. The minimum absolute atomic E-state index is 0.223. The van der Waals surface area contributed by atoms with Crippen molar-refractivity contribution in [1.29, 1.82) is 0 Å². The maximum Gasteiger partial charge on any atom is 0.321 e. The Balaban J connectivity index is 2.13. The fourth-order valence-electron chi connectivity index (χ4n) is 3.35. The highest BCUT2D eigenvalue weighted by Gasteiger charge is 2.47. The number of rotatable bonds is 5. The summed E-state index contributed by atoms with van der Waals surface area (Å²) in [6.07, 6.45) is 5.32. The van der Waals surface area contributed by atoms with E-state index in [1.807, 2.05) is 19.9 Å². The van der Waals surface area contributed by atoms with Crippen molar-refractivity contribution in [2.24, 2.45) is 17.6 Å². The lowest BCUT2D eigenvalue weighted by Gasteiger charge is -2.26. The van der Waals surface area contributed by atoms with Crippen LogP contribution in [0.5, 0.6) is 0 Å². The van der Waals surface area contributed by atoms with E-state index in [1.165, 1.54) is 11.8 Å². The quantitative estimate of drug-likeness (QED) is 0.500. The molecule has 0 aromatic carbocycles. The molecule has 0 bridgehead atoms. The Bertz CT molecular complexity index is 574. The van der Waals surface area contributed by atoms with Gasteiger partial charge in [-0.15, -0.1) is 0 Å². The molecule has 0 saturated carbocycles. The monoisotopic (exact) mass is 369 g/mol. The van der Waals surface area contributed by atoms with Crippen LogP contribution >= 0.6 is 11.8 Å². The molecule has 1 heterocycles. The largest absolute Gasteiger partial charge is 0.480 e. The second-order valence-corrected chi connectivity index (χ2v) is 8.02. The Kier molecular flexibility index (Phi) is 7.10. The molecule has 0 aromatic heterocycles. The molecule has 0 spiro atoms. The van der Waals surface area contributed by atoms with E-state index in [9.17, 15) is 14.7 Å². The molecule has 2 aliphatic rings. The average molecular weight is 369 g/mol. The number of carbonyl (C=O) groups is 2. The Morgan fingerprint density at radius 3 is 2.84 bits per heavy atom. The molecule has 4 N–H and O–H groups in total. The van der Waals surface area contributed by atoms with Crippen LogP contribution < -0.4 is 5.73 Å². The molecular weight excluding hydrogens is 342 g/mol. The zero-order valence-corrected chi connectivity index (χ0v) is 15.5. The normalized spacial score (nSPS) is 31.4. The van der Waals surface area contributed by atoms with Gasteiger partial charge in [-0.25, -0.2) is 0 Å². The topological polar surface area (TPSA) is 110 Å². The molecule has 6 nitrogen and oxygen atoms in total. The molecule has 0 aromatic rings. The number of aliphatic hydroxyl groups is 1. The number of carboxylic acids is 1. The predicted octanol–water partition coefficient (Wildman–Crippen LogP) is 1.73. The van der Waals surface area contributed by atoms with Crippen LogP contribution in [0, 0.1) is 11.8 Å². The van der Waals surface area contributed by atoms with E-state index in [0.29, 0.717) is 12.2 Å². The number of hydrogen-bond donors (Lipinski definition) is 3. The Morgan fingerprint density at radius 1 is 1.44 bits per heavy atom. The highest BCUT2D eigenvalue weighted by atomic mass is 32.2. The first-order chi connectivity index (χ1) is 11.8. The molecule has 1 aliphatic heterocycles. The number of carboxylic acid groups (broad SMARTS) is 1. The van der Waals surface area contributed by atoms with E-state index in [1.54, 1.807) is 0 Å². The predicted molar refractivity (Wildman–Crippen MR) is 97.2 cm³/mol. The van der Waals surface area contributed by atoms with Gasteiger partial charge < -0.3 is 20.7 Å². The number of ether oxygens (including phenoxy) is 1. The van der Waals surface area contributed by atoms with Gasteiger partial charge in [0.15, 0.2) is 0 Å². The second kappa shape index (κ2) is 8.87. The van der Waals surface area contributed by atoms with Crippen LogP contribution in [0.25, 0.3) is 0 Å². The molecular formula is C18H27NO5S. The first-order valence-electron chi connectivity index (χ1n) is 8.57. The van der Waals surface area contributed by atoms with Gasteiger partial charge in [0.1, 0.15) is 12.1 Å². The first-order valence-corrected chi connectivity index (χ1v) is 9.72. The van der Waals surface area contributed by atoms with Crippen molar-refractivity contribution in [3.8, 4) is 0 Å². The third-order valence-corrected chi connectivity index (χ3v) is 5.96. The van der Waals surface area contributed by atoms with Crippen LogP contribution in [-0.4, -0.2) is 51.9 Å². The summed E-state index contributed by atoms with van der Waals surface area (Å²) in [6.45, 7) is 4.00. The number of nitrogens with two attached hydrogens (primary N) is 1. The number of thioether (sulfide) groups is 1. The molecule has 25 heavy (non-hydrogen) atoms. The fourth-order valence-corrected chi connectivity index (χ4v) is 4.49. The van der Waals surface area contributed by atoms with Crippen LogP contribution in [-0.2, 0) is 14.3 Å². The summed E-state index contributed by atoms with van der Waals surface area (Å²) in [7, 11) is 0. The molecule has 2 rings (SSSR count). The van der Waals surface area contributed by atoms with Gasteiger partial charge in [0.2, 0.25) is 0 Å². The van der Waals surface area contributed by atoms with E-state index < -0.39 is 30.1 Å². The van der Waals surface area contributed by atoms with Crippen molar-refractivity contribution in [1.82, 2.24) is 0 Å². The molecule has 0 radical (unpaired) electrons. The Labute approximate surface area is 152 Å². The minimum Gasteiger partial charge on any atom is -0.480 e. The average Bonchev–Trinajstić information content (AvgIpc) is 2.82. The highest BCUT2D eigenvalue weighted by Crippen LogP contribution is 2.37. The summed E-state index contributed by atoms with van der Waals surface area (Å²) < 4.78 is 5.54. The summed E-state index contributed by atoms with van der Waals surface area (Å²) >= 11 is 1.32. The lowest BCUT2D eigenvalue weighted by atomic mass is 9.82. The van der Waals surface area contributed by atoms with Gasteiger partial charge in [0.25, 0.3) is 0 Å². The molecule has 1 fully saturated rings. The number of aliphatic hydroxyl groups excluding tert-OH is 1. The minimum atomic E-state index is -1.06. The summed E-state index contributed by atoms with van der Waals surface area (Å²) in [5, 5.41) is 19.6. The van der Waals surface area contributed by atoms with Crippen molar-refractivity contribution < 1.29 is 24.5 Å². The maximum atomic E-state index is 12.3. The molecule has 1 saturated heterocycles. The van der Waals surface area contributed by atoms with Gasteiger partial charge in [0, 0.05) is 17.4 Å². The standard InChI is InChI=1S/C18H27NO5S/c1-10-4-3-5-11(2)7-15-16(14(20)6-10)12(18(23)24-15)8-25-9-13(19)17(21)22/h4,7,12-16,20H,3,5-6,8-9,19H2,1-2H3,(H,21,22)/t12?,13-,14+,15+,16+/m0/s1. The van der Waals surface area contributed by atoms with E-state index in [2.05, 4.69) is 6.08 Å². The zero-order chi connectivity index (χ0) is 18.6. The third kappa shape index (κ3) is 5.33. The van der Waals surface area contributed by atoms with Crippen molar-refractivity contribution >= 4 is 23.7 Å². The molecule has 1 aliphatic carbocycles. The van der Waals surface area contributed by atoms with E-state index >= 15 is 0 Å². The smallest absolute Gasteiger partial charge is 0.321 e. The number of aliphatic carboxylic acids is 1. The first kappa shape index (κ1) is 20.0. The maximum absolute atomic E-state index is 12.3. The lowest BCUT2D eigenvalue weighted by Crippen LogP contribution is -2.35. The van der Waals surface area contributed by atoms with Gasteiger partial charge >= 0.3 is 11.9 Å². The lowest BCUT2D eigenvalue weighted by molar-refractivity contribution is -0.142. The van der Waals surface area contributed by atoms with Crippen molar-refractivity contribution in [3.63, 3.8) is 0 Å². The number of hydrogen-bond acceptors (Lipinski definition) is 6. The number of carbonyl (C=O) groups excluding carboxylic acids is 1. The number of fused-ring (bicyclic) bond motifs is 1. The number of allylic oxidation sites excluding steroid dienone is 2. The Hall–Kier alpha value is -1.31. The summed E-state index contributed by atoms with van der Waals surface area (Å²) in [5.74, 6) is -1.54. The van der Waals surface area contributed by atoms with Crippen molar-refractivity contribution in [2.45, 2.75) is 51.4 Å². The van der Waals surface area contributed by atoms with E-state index in [-0.39, 0.29) is 17.6 Å². The highest BCUT2D eigenvalue weighted by molar-refractivity contribution is 7.99. The second-order valence-electron chi connectivity index (χ2n) is 6.94. The number of esters is 1. The summed E-state index contributed by atoms with van der Waals surface area (Å²) in [4.78, 5) is 23.2. The van der Waals surface area contributed by atoms with Crippen LogP contribution in [0.3, 0.4) is 0 Å². The van der Waals surface area contributed by atoms with Gasteiger partial charge in [-0.2, -0.15) is 11.8 Å². The van der Waals surface area contributed by atoms with E-state index in [0.717, 1.165) is 24.0 Å². The van der Waals surface area contributed by atoms with Gasteiger partial charge in [-0.3, -0.25) is 9.59 Å². The van der Waals surface area contributed by atoms with Crippen molar-refractivity contribution in [3.05, 3.63) is 23.3 Å². The van der Waals surface area contributed by atoms with Gasteiger partial charge in [-0.05, 0) is 39.2 Å². The third-order valence-electron chi connectivity index (χ3n) is 4.77. The van der Waals surface area contributed by atoms with Crippen LogP contribution in [0.2, 0.25) is 0 Å². The SMILES string of the molecule is CC1=C[C@H]2OC(=O)C(CSC[C@H](N)C(=O)O)[C@@H]2[C@H](O)CC(C)=CCC1.